The highest BCUT2D eigenvalue weighted by atomic mass is 16.5. The van der Waals surface area contributed by atoms with Gasteiger partial charge in [-0.3, -0.25) is 14.5 Å². The number of carbonyl (C=O) groups excluding carboxylic acids is 2. The predicted molar refractivity (Wildman–Crippen MR) is 98.4 cm³/mol. The summed E-state index contributed by atoms with van der Waals surface area (Å²) >= 11 is 0. The zero-order chi connectivity index (χ0) is 18.3. The van der Waals surface area contributed by atoms with E-state index in [-0.39, 0.29) is 11.8 Å². The number of hydrogen-bond acceptors (Lipinski definition) is 4. The summed E-state index contributed by atoms with van der Waals surface area (Å²) in [6.45, 7) is 2.70. The average molecular weight is 356 g/mol. The Bertz CT molecular complexity index is 852. The Kier molecular flexibility index (Phi) is 4.11. The van der Waals surface area contributed by atoms with E-state index in [2.05, 4.69) is 15.2 Å². The maximum absolute atomic E-state index is 12.9. The number of amides is 2. The molecule has 26 heavy (non-hydrogen) atoms. The van der Waals surface area contributed by atoms with E-state index in [1.807, 2.05) is 36.2 Å². The van der Waals surface area contributed by atoms with Gasteiger partial charge in [-0.1, -0.05) is 0 Å². The lowest BCUT2D eigenvalue weighted by molar-refractivity contribution is -0.139. The standard InChI is InChI=1S/C19H24N4O3/c1-22-10-7-20-18(25)19(22)5-8-23(9-6-19)17(24)16-12-13-11-14(26-2)3-4-15(13)21-16/h3-4,11-12,21H,5-10H2,1-2H3,(H,20,25). The first-order valence-electron chi connectivity index (χ1n) is 8.99. The van der Waals surface area contributed by atoms with Crippen LogP contribution in [0.15, 0.2) is 24.3 Å². The number of piperidine rings is 1. The van der Waals surface area contributed by atoms with Crippen molar-refractivity contribution in [2.75, 3.05) is 40.3 Å². The van der Waals surface area contributed by atoms with E-state index in [1.165, 1.54) is 0 Å². The van der Waals surface area contributed by atoms with Crippen LogP contribution < -0.4 is 10.1 Å². The average Bonchev–Trinajstić information content (AvgIpc) is 3.09. The van der Waals surface area contributed by atoms with Gasteiger partial charge in [-0.05, 0) is 44.2 Å². The Hall–Kier alpha value is -2.54. The summed E-state index contributed by atoms with van der Waals surface area (Å²) < 4.78 is 5.24. The molecule has 2 fully saturated rings. The minimum Gasteiger partial charge on any atom is -0.497 e. The summed E-state index contributed by atoms with van der Waals surface area (Å²) in [4.78, 5) is 32.5. The summed E-state index contributed by atoms with van der Waals surface area (Å²) in [5.41, 5.74) is 1.02. The maximum Gasteiger partial charge on any atom is 0.270 e. The normalized spacial score (nSPS) is 20.4. The summed E-state index contributed by atoms with van der Waals surface area (Å²) in [5, 5.41) is 3.93. The van der Waals surface area contributed by atoms with Gasteiger partial charge in [0.2, 0.25) is 5.91 Å². The molecular weight excluding hydrogens is 332 g/mol. The number of hydrogen-bond donors (Lipinski definition) is 2. The van der Waals surface area contributed by atoms with Crippen LogP contribution >= 0.6 is 0 Å². The molecular formula is C19H24N4O3. The fraction of sp³-hybridized carbons (Fsp3) is 0.474. The summed E-state index contributed by atoms with van der Waals surface area (Å²) in [6, 6.07) is 7.56. The van der Waals surface area contributed by atoms with Gasteiger partial charge in [-0.25, -0.2) is 0 Å². The smallest absolute Gasteiger partial charge is 0.270 e. The number of piperazine rings is 1. The molecule has 0 atom stereocenters. The summed E-state index contributed by atoms with van der Waals surface area (Å²) in [7, 11) is 3.63. The lowest BCUT2D eigenvalue weighted by atomic mass is 9.83. The van der Waals surface area contributed by atoms with Crippen LogP contribution in [0.4, 0.5) is 0 Å². The topological polar surface area (TPSA) is 77.7 Å². The van der Waals surface area contributed by atoms with E-state index >= 15 is 0 Å². The van der Waals surface area contributed by atoms with E-state index < -0.39 is 5.54 Å². The Balaban J connectivity index is 1.51. The van der Waals surface area contributed by atoms with Crippen molar-refractivity contribution < 1.29 is 14.3 Å². The van der Waals surface area contributed by atoms with Crippen molar-refractivity contribution >= 4 is 22.7 Å². The number of rotatable bonds is 2. The van der Waals surface area contributed by atoms with Crippen molar-refractivity contribution in [2.24, 2.45) is 0 Å². The molecule has 1 aromatic carbocycles. The molecule has 2 N–H and O–H groups in total. The van der Waals surface area contributed by atoms with Crippen molar-refractivity contribution in [1.29, 1.82) is 0 Å². The first-order chi connectivity index (χ1) is 12.5. The molecule has 0 saturated carbocycles. The largest absolute Gasteiger partial charge is 0.497 e. The van der Waals surface area contributed by atoms with Gasteiger partial charge in [0, 0.05) is 37.1 Å². The number of ether oxygens (including phenoxy) is 1. The summed E-state index contributed by atoms with van der Waals surface area (Å²) in [5.74, 6) is 0.840. The number of likely N-dealkylation sites (N-methyl/N-ethyl adjacent to an activating group) is 1. The minimum absolute atomic E-state index is 0.0195. The van der Waals surface area contributed by atoms with Crippen molar-refractivity contribution in [3.05, 3.63) is 30.0 Å². The number of nitrogens with one attached hydrogen (secondary N) is 2. The second-order valence-electron chi connectivity index (χ2n) is 7.14. The van der Waals surface area contributed by atoms with Gasteiger partial charge in [0.25, 0.3) is 5.91 Å². The first kappa shape index (κ1) is 16.9. The van der Waals surface area contributed by atoms with Gasteiger partial charge >= 0.3 is 0 Å². The zero-order valence-electron chi connectivity index (χ0n) is 15.2. The molecule has 2 aliphatic rings. The lowest BCUT2D eigenvalue weighted by Crippen LogP contribution is -2.67. The van der Waals surface area contributed by atoms with Crippen LogP contribution in [0.25, 0.3) is 10.9 Å². The van der Waals surface area contributed by atoms with Crippen molar-refractivity contribution in [3.8, 4) is 5.75 Å². The Morgan fingerprint density at radius 1 is 1.19 bits per heavy atom. The SMILES string of the molecule is COc1ccc2[nH]c(C(=O)N3CCC4(CC3)C(=O)NCCN4C)cc2c1. The maximum atomic E-state index is 12.9. The van der Waals surface area contributed by atoms with Gasteiger partial charge in [0.15, 0.2) is 0 Å². The van der Waals surface area contributed by atoms with Crippen molar-refractivity contribution in [2.45, 2.75) is 18.4 Å². The van der Waals surface area contributed by atoms with Gasteiger partial charge in [-0.2, -0.15) is 0 Å². The van der Waals surface area contributed by atoms with E-state index in [9.17, 15) is 9.59 Å². The first-order valence-corrected chi connectivity index (χ1v) is 8.99. The van der Waals surface area contributed by atoms with Crippen LogP contribution in [-0.4, -0.2) is 72.5 Å². The molecule has 2 saturated heterocycles. The molecule has 0 unspecified atom stereocenters. The number of likely N-dealkylation sites (tertiary alicyclic amines) is 1. The van der Waals surface area contributed by atoms with Crippen LogP contribution in [0.2, 0.25) is 0 Å². The van der Waals surface area contributed by atoms with Gasteiger partial charge in [-0.15, -0.1) is 0 Å². The third kappa shape index (κ3) is 2.63. The van der Waals surface area contributed by atoms with Crippen LogP contribution in [0.3, 0.4) is 0 Å². The van der Waals surface area contributed by atoms with Crippen molar-refractivity contribution in [1.82, 2.24) is 20.1 Å². The van der Waals surface area contributed by atoms with E-state index in [0.29, 0.717) is 38.2 Å². The lowest BCUT2D eigenvalue weighted by Gasteiger charge is -2.48. The molecule has 4 rings (SSSR count). The van der Waals surface area contributed by atoms with Gasteiger partial charge in [0.05, 0.1) is 7.11 Å². The van der Waals surface area contributed by atoms with Gasteiger partial charge < -0.3 is 19.9 Å². The van der Waals surface area contributed by atoms with Crippen LogP contribution in [0.1, 0.15) is 23.3 Å². The van der Waals surface area contributed by atoms with E-state index in [0.717, 1.165) is 23.2 Å². The number of benzene rings is 1. The molecule has 2 amide bonds. The number of carbonyl (C=O) groups is 2. The molecule has 0 radical (unpaired) electrons. The Morgan fingerprint density at radius 3 is 2.65 bits per heavy atom. The monoisotopic (exact) mass is 356 g/mol. The molecule has 0 aliphatic carbocycles. The summed E-state index contributed by atoms with van der Waals surface area (Å²) in [6.07, 6.45) is 1.32. The molecule has 138 valence electrons. The number of aromatic amines is 1. The molecule has 7 nitrogen and oxygen atoms in total. The fourth-order valence-corrected chi connectivity index (χ4v) is 4.10. The van der Waals surface area contributed by atoms with Crippen LogP contribution in [-0.2, 0) is 4.79 Å². The second kappa shape index (κ2) is 6.32. The molecule has 1 aromatic heterocycles. The molecule has 1 spiro atoms. The highest BCUT2D eigenvalue weighted by molar-refractivity contribution is 5.98. The number of nitrogens with zero attached hydrogens (tertiary/aromatic N) is 2. The molecule has 2 aliphatic heterocycles. The second-order valence-corrected chi connectivity index (χ2v) is 7.14. The minimum atomic E-state index is -0.469. The predicted octanol–water partition coefficient (Wildman–Crippen LogP) is 1.21. The number of H-pyrrole nitrogens is 1. The van der Waals surface area contributed by atoms with Gasteiger partial charge in [0.1, 0.15) is 17.0 Å². The van der Waals surface area contributed by atoms with Crippen LogP contribution in [0, 0.1) is 0 Å². The Labute approximate surface area is 152 Å². The van der Waals surface area contributed by atoms with E-state index in [1.54, 1.807) is 7.11 Å². The Morgan fingerprint density at radius 2 is 1.96 bits per heavy atom. The van der Waals surface area contributed by atoms with Crippen LogP contribution in [0.5, 0.6) is 5.75 Å². The highest BCUT2D eigenvalue weighted by Gasteiger charge is 2.47. The quantitative estimate of drug-likeness (QED) is 0.848. The third-order valence-corrected chi connectivity index (χ3v) is 5.82. The fourth-order valence-electron chi connectivity index (χ4n) is 4.10. The molecule has 3 heterocycles. The third-order valence-electron chi connectivity index (χ3n) is 5.82. The number of aromatic nitrogens is 1. The highest BCUT2D eigenvalue weighted by Crippen LogP contribution is 2.31. The number of methoxy groups -OCH3 is 1. The van der Waals surface area contributed by atoms with Crippen molar-refractivity contribution in [3.63, 3.8) is 0 Å². The molecule has 0 bridgehead atoms. The number of fused-ring (bicyclic) bond motifs is 1. The molecule has 7 heteroatoms. The zero-order valence-corrected chi connectivity index (χ0v) is 15.2. The molecule has 2 aromatic rings. The van der Waals surface area contributed by atoms with E-state index in [4.69, 9.17) is 4.74 Å².